The first kappa shape index (κ1) is 12.6. The van der Waals surface area contributed by atoms with Gasteiger partial charge in [0.1, 0.15) is 24.1 Å². The maximum Gasteiger partial charge on any atom is 0.348 e. The van der Waals surface area contributed by atoms with Gasteiger partial charge in [-0.3, -0.25) is 0 Å². The molecule has 0 saturated carbocycles. The van der Waals surface area contributed by atoms with Crippen LogP contribution < -0.4 is 4.74 Å². The van der Waals surface area contributed by atoms with Gasteiger partial charge in [0.15, 0.2) is 0 Å². The summed E-state index contributed by atoms with van der Waals surface area (Å²) in [6.45, 7) is -0.207. The molecule has 1 aromatic carbocycles. The zero-order valence-corrected chi connectivity index (χ0v) is 10.1. The van der Waals surface area contributed by atoms with E-state index in [1.165, 1.54) is 0 Å². The number of rotatable bonds is 2. The standard InChI is InChI=1S/C13H14O6/c14-9-6-17-11-10(9)18-7-13(11,16)12(15)19-8-4-2-1-3-5-8/h1-5,9-11,14,16H,6-7H2/t9-,10+,11-,13+/m0/s1. The van der Waals surface area contributed by atoms with Crippen LogP contribution in [0.1, 0.15) is 0 Å². The maximum absolute atomic E-state index is 12.1. The van der Waals surface area contributed by atoms with Crippen LogP contribution in [-0.2, 0) is 14.3 Å². The molecule has 19 heavy (non-hydrogen) atoms. The van der Waals surface area contributed by atoms with Crippen LogP contribution in [-0.4, -0.2) is 53.3 Å². The number of carbonyl (C=O) groups excluding carboxylic acids is 1. The molecule has 6 heteroatoms. The second-order valence-corrected chi connectivity index (χ2v) is 4.72. The van der Waals surface area contributed by atoms with Crippen LogP contribution in [0.4, 0.5) is 0 Å². The summed E-state index contributed by atoms with van der Waals surface area (Å²) >= 11 is 0. The predicted octanol–water partition coefficient (Wildman–Crippen LogP) is -0.518. The number of esters is 1. The molecular weight excluding hydrogens is 252 g/mol. The molecule has 2 aliphatic rings. The minimum Gasteiger partial charge on any atom is -0.424 e. The Hall–Kier alpha value is -1.47. The zero-order valence-electron chi connectivity index (χ0n) is 10.1. The summed E-state index contributed by atoms with van der Waals surface area (Å²) in [4.78, 5) is 12.1. The zero-order chi connectivity index (χ0) is 13.5. The van der Waals surface area contributed by atoms with Gasteiger partial charge in [-0.2, -0.15) is 0 Å². The SMILES string of the molecule is O=C(Oc1ccccc1)[C@@]1(O)CO[C@@H]2[C@@H](O)CO[C@@H]21. The third-order valence-corrected chi connectivity index (χ3v) is 3.40. The molecule has 2 fully saturated rings. The van der Waals surface area contributed by atoms with Crippen molar-refractivity contribution in [3.8, 4) is 5.75 Å². The Bertz CT molecular complexity index is 475. The van der Waals surface area contributed by atoms with E-state index in [1.54, 1.807) is 30.3 Å². The smallest absolute Gasteiger partial charge is 0.348 e. The van der Waals surface area contributed by atoms with Crippen LogP contribution in [0.15, 0.2) is 30.3 Å². The summed E-state index contributed by atoms with van der Waals surface area (Å²) in [7, 11) is 0. The van der Waals surface area contributed by atoms with Crippen LogP contribution in [0.25, 0.3) is 0 Å². The van der Waals surface area contributed by atoms with Gasteiger partial charge in [-0.1, -0.05) is 18.2 Å². The van der Waals surface area contributed by atoms with Gasteiger partial charge in [-0.25, -0.2) is 4.79 Å². The molecule has 2 saturated heterocycles. The summed E-state index contributed by atoms with van der Waals surface area (Å²) in [6, 6.07) is 8.45. The summed E-state index contributed by atoms with van der Waals surface area (Å²) in [5.74, 6) is -0.497. The predicted molar refractivity (Wildman–Crippen MR) is 62.5 cm³/mol. The molecule has 0 amide bonds. The van der Waals surface area contributed by atoms with Crippen molar-refractivity contribution in [2.75, 3.05) is 13.2 Å². The molecule has 0 bridgehead atoms. The van der Waals surface area contributed by atoms with E-state index >= 15 is 0 Å². The number of hydrogen-bond acceptors (Lipinski definition) is 6. The fraction of sp³-hybridized carbons (Fsp3) is 0.462. The van der Waals surface area contributed by atoms with Crippen molar-refractivity contribution in [3.63, 3.8) is 0 Å². The Kier molecular flexibility index (Phi) is 3.02. The molecule has 0 aromatic heterocycles. The summed E-state index contributed by atoms with van der Waals surface area (Å²) in [6.07, 6.45) is -2.41. The van der Waals surface area contributed by atoms with Crippen LogP contribution >= 0.6 is 0 Å². The van der Waals surface area contributed by atoms with Gasteiger partial charge in [-0.15, -0.1) is 0 Å². The van der Waals surface area contributed by atoms with E-state index in [0.29, 0.717) is 5.75 Å². The largest absolute Gasteiger partial charge is 0.424 e. The van der Waals surface area contributed by atoms with Crippen molar-refractivity contribution in [2.45, 2.75) is 23.9 Å². The van der Waals surface area contributed by atoms with Crippen molar-refractivity contribution >= 4 is 5.97 Å². The molecule has 4 atom stereocenters. The molecule has 2 heterocycles. The summed E-state index contributed by atoms with van der Waals surface area (Å²) < 4.78 is 15.6. The van der Waals surface area contributed by atoms with Gasteiger partial charge in [0.25, 0.3) is 0 Å². The Labute approximate surface area is 109 Å². The van der Waals surface area contributed by atoms with Gasteiger partial charge in [0.05, 0.1) is 13.2 Å². The minimum absolute atomic E-state index is 0.0380. The summed E-state index contributed by atoms with van der Waals surface area (Å²) in [5.41, 5.74) is -1.88. The second kappa shape index (κ2) is 4.57. The molecule has 0 spiro atoms. The molecule has 0 unspecified atom stereocenters. The molecule has 0 aliphatic carbocycles. The number of fused-ring (bicyclic) bond motifs is 1. The number of para-hydroxylation sites is 1. The highest BCUT2D eigenvalue weighted by molar-refractivity contribution is 5.83. The molecule has 102 valence electrons. The van der Waals surface area contributed by atoms with E-state index in [4.69, 9.17) is 14.2 Å². The lowest BCUT2D eigenvalue weighted by atomic mass is 9.96. The number of hydrogen-bond donors (Lipinski definition) is 2. The van der Waals surface area contributed by atoms with Gasteiger partial charge in [0.2, 0.25) is 5.60 Å². The maximum atomic E-state index is 12.1. The fourth-order valence-electron chi connectivity index (χ4n) is 2.37. The van der Waals surface area contributed by atoms with E-state index in [2.05, 4.69) is 0 Å². The summed E-state index contributed by atoms with van der Waals surface area (Å²) in [5, 5.41) is 20.0. The third kappa shape index (κ3) is 2.02. The van der Waals surface area contributed by atoms with Crippen molar-refractivity contribution in [3.05, 3.63) is 30.3 Å². The first-order valence-electron chi connectivity index (χ1n) is 6.02. The normalized spacial score (nSPS) is 37.1. The molecule has 0 radical (unpaired) electrons. The number of carbonyl (C=O) groups is 1. The van der Waals surface area contributed by atoms with E-state index in [-0.39, 0.29) is 13.2 Å². The van der Waals surface area contributed by atoms with E-state index < -0.39 is 29.9 Å². The molecule has 3 rings (SSSR count). The van der Waals surface area contributed by atoms with Crippen LogP contribution in [0.2, 0.25) is 0 Å². The van der Waals surface area contributed by atoms with Crippen molar-refractivity contribution in [2.24, 2.45) is 0 Å². The monoisotopic (exact) mass is 266 g/mol. The van der Waals surface area contributed by atoms with E-state index in [9.17, 15) is 15.0 Å². The quantitative estimate of drug-likeness (QED) is 0.553. The number of benzene rings is 1. The Morgan fingerprint density at radius 3 is 2.79 bits per heavy atom. The van der Waals surface area contributed by atoms with Gasteiger partial charge >= 0.3 is 5.97 Å². The second-order valence-electron chi connectivity index (χ2n) is 4.72. The molecule has 6 nitrogen and oxygen atoms in total. The Balaban J connectivity index is 1.76. The van der Waals surface area contributed by atoms with Crippen molar-refractivity contribution in [1.29, 1.82) is 0 Å². The number of ether oxygens (including phenoxy) is 3. The van der Waals surface area contributed by atoms with Crippen molar-refractivity contribution < 1.29 is 29.2 Å². The average Bonchev–Trinajstić information content (AvgIpc) is 2.94. The average molecular weight is 266 g/mol. The molecule has 2 aliphatic heterocycles. The van der Waals surface area contributed by atoms with Gasteiger partial charge < -0.3 is 24.4 Å². The number of aliphatic hydroxyl groups excluding tert-OH is 1. The highest BCUT2D eigenvalue weighted by atomic mass is 16.6. The molecule has 1 aromatic rings. The first-order valence-corrected chi connectivity index (χ1v) is 6.02. The topological polar surface area (TPSA) is 85.2 Å². The van der Waals surface area contributed by atoms with Crippen LogP contribution in [0, 0.1) is 0 Å². The molecular formula is C13H14O6. The van der Waals surface area contributed by atoms with Crippen LogP contribution in [0.5, 0.6) is 5.75 Å². The lowest BCUT2D eigenvalue weighted by molar-refractivity contribution is -0.165. The number of aliphatic hydroxyl groups is 2. The fourth-order valence-corrected chi connectivity index (χ4v) is 2.37. The van der Waals surface area contributed by atoms with Gasteiger partial charge in [-0.05, 0) is 12.1 Å². The van der Waals surface area contributed by atoms with E-state index in [0.717, 1.165) is 0 Å². The highest BCUT2D eigenvalue weighted by Crippen LogP contribution is 2.35. The van der Waals surface area contributed by atoms with Crippen molar-refractivity contribution in [1.82, 2.24) is 0 Å². The third-order valence-electron chi connectivity index (χ3n) is 3.40. The van der Waals surface area contributed by atoms with E-state index in [1.807, 2.05) is 0 Å². The van der Waals surface area contributed by atoms with Crippen LogP contribution in [0.3, 0.4) is 0 Å². The lowest BCUT2D eigenvalue weighted by Gasteiger charge is -2.24. The minimum atomic E-state index is -1.88. The Morgan fingerprint density at radius 2 is 2.05 bits per heavy atom. The first-order chi connectivity index (χ1) is 9.11. The lowest BCUT2D eigenvalue weighted by Crippen LogP contribution is -2.52. The molecule has 2 N–H and O–H groups in total. The Morgan fingerprint density at radius 1 is 1.32 bits per heavy atom. The highest BCUT2D eigenvalue weighted by Gasteiger charge is 2.61. The van der Waals surface area contributed by atoms with Gasteiger partial charge in [0, 0.05) is 0 Å².